The van der Waals surface area contributed by atoms with E-state index in [0.29, 0.717) is 13.2 Å². The van der Waals surface area contributed by atoms with Crippen molar-refractivity contribution in [1.29, 1.82) is 0 Å². The van der Waals surface area contributed by atoms with E-state index in [9.17, 15) is 0 Å². The molecule has 0 radical (unpaired) electrons. The van der Waals surface area contributed by atoms with E-state index in [1.54, 1.807) is 0 Å². The van der Waals surface area contributed by atoms with Gasteiger partial charge in [0, 0.05) is 6.42 Å². The van der Waals surface area contributed by atoms with Gasteiger partial charge in [0.15, 0.2) is 5.79 Å². The SMILES string of the molecule is OC[C@@H]1CCC[C@@]2(COC[C@@H](CO)O2)O1. The summed E-state index contributed by atoms with van der Waals surface area (Å²) in [5, 5.41) is 18.1. The van der Waals surface area contributed by atoms with Crippen molar-refractivity contribution in [3.8, 4) is 0 Å². The zero-order chi connectivity index (χ0) is 10.7. The van der Waals surface area contributed by atoms with Crippen molar-refractivity contribution in [2.24, 2.45) is 0 Å². The quantitative estimate of drug-likeness (QED) is 0.663. The van der Waals surface area contributed by atoms with Gasteiger partial charge in [-0.25, -0.2) is 0 Å². The van der Waals surface area contributed by atoms with E-state index in [-0.39, 0.29) is 25.4 Å². The van der Waals surface area contributed by atoms with Crippen LogP contribution >= 0.6 is 0 Å². The summed E-state index contributed by atoms with van der Waals surface area (Å²) in [5.41, 5.74) is 0. The van der Waals surface area contributed by atoms with E-state index in [1.807, 2.05) is 0 Å². The number of hydrogen-bond acceptors (Lipinski definition) is 5. The fraction of sp³-hybridized carbons (Fsp3) is 1.00. The van der Waals surface area contributed by atoms with Crippen LogP contribution in [0.4, 0.5) is 0 Å². The molecule has 3 atom stereocenters. The Bertz CT molecular complexity index is 186. The fourth-order valence-corrected chi connectivity index (χ4v) is 2.15. The van der Waals surface area contributed by atoms with Gasteiger partial charge in [-0.3, -0.25) is 0 Å². The number of hydrogen-bond donors (Lipinski definition) is 2. The van der Waals surface area contributed by atoms with Gasteiger partial charge in [-0.05, 0) is 12.8 Å². The van der Waals surface area contributed by atoms with Crippen molar-refractivity contribution in [1.82, 2.24) is 0 Å². The predicted octanol–water partition coefficient (Wildman–Crippen LogP) is -0.348. The molecule has 0 amide bonds. The topological polar surface area (TPSA) is 68.2 Å². The molecule has 2 heterocycles. The molecule has 1 spiro atoms. The minimum atomic E-state index is -0.739. The Balaban J connectivity index is 1.98. The predicted molar refractivity (Wildman–Crippen MR) is 51.3 cm³/mol. The highest BCUT2D eigenvalue weighted by atomic mass is 16.7. The maximum atomic E-state index is 9.06. The average Bonchev–Trinajstić information content (AvgIpc) is 2.29. The number of aliphatic hydroxyl groups excluding tert-OH is 2. The van der Waals surface area contributed by atoms with Gasteiger partial charge in [0.25, 0.3) is 0 Å². The highest BCUT2D eigenvalue weighted by molar-refractivity contribution is 4.82. The van der Waals surface area contributed by atoms with E-state index in [0.717, 1.165) is 19.3 Å². The van der Waals surface area contributed by atoms with Crippen LogP contribution < -0.4 is 0 Å². The van der Waals surface area contributed by atoms with E-state index >= 15 is 0 Å². The Labute approximate surface area is 88.9 Å². The van der Waals surface area contributed by atoms with E-state index in [1.165, 1.54) is 0 Å². The second kappa shape index (κ2) is 4.76. The van der Waals surface area contributed by atoms with E-state index in [2.05, 4.69) is 0 Å². The minimum Gasteiger partial charge on any atom is -0.394 e. The first-order chi connectivity index (χ1) is 7.28. The Hall–Kier alpha value is -0.200. The molecule has 2 N–H and O–H groups in total. The zero-order valence-corrected chi connectivity index (χ0v) is 8.72. The lowest BCUT2D eigenvalue weighted by Gasteiger charge is -2.44. The lowest BCUT2D eigenvalue weighted by Crippen LogP contribution is -2.54. The summed E-state index contributed by atoms with van der Waals surface area (Å²) < 4.78 is 16.7. The molecule has 15 heavy (non-hydrogen) atoms. The van der Waals surface area contributed by atoms with Gasteiger partial charge in [0.05, 0.1) is 25.9 Å². The van der Waals surface area contributed by atoms with Crippen molar-refractivity contribution in [3.05, 3.63) is 0 Å². The summed E-state index contributed by atoms with van der Waals surface area (Å²) >= 11 is 0. The fourth-order valence-electron chi connectivity index (χ4n) is 2.15. The standard InChI is InChI=1S/C10H18O5/c11-4-8-2-1-3-10(14-8)7-13-6-9(5-12)15-10/h8-9,11-12H,1-7H2/t8-,9+,10+/m0/s1. The number of rotatable bonds is 2. The molecule has 2 saturated heterocycles. The summed E-state index contributed by atoms with van der Waals surface area (Å²) in [5.74, 6) is -0.739. The van der Waals surface area contributed by atoms with Crippen LogP contribution in [0.25, 0.3) is 0 Å². The van der Waals surface area contributed by atoms with Crippen molar-refractivity contribution in [2.75, 3.05) is 26.4 Å². The average molecular weight is 218 g/mol. The lowest BCUT2D eigenvalue weighted by molar-refractivity contribution is -0.350. The van der Waals surface area contributed by atoms with Gasteiger partial charge in [-0.1, -0.05) is 0 Å². The Kier molecular flexibility index (Phi) is 3.58. The molecular weight excluding hydrogens is 200 g/mol. The minimum absolute atomic E-state index is 0.00883. The van der Waals surface area contributed by atoms with E-state index in [4.69, 9.17) is 24.4 Å². The monoisotopic (exact) mass is 218 g/mol. The molecule has 0 aliphatic carbocycles. The summed E-state index contributed by atoms with van der Waals surface area (Å²) in [6, 6.07) is 0. The van der Waals surface area contributed by atoms with Crippen molar-refractivity contribution in [2.45, 2.75) is 37.3 Å². The molecule has 0 aromatic heterocycles. The molecule has 2 rings (SSSR count). The maximum absolute atomic E-state index is 9.06. The second-order valence-electron chi connectivity index (χ2n) is 4.16. The first-order valence-corrected chi connectivity index (χ1v) is 5.43. The van der Waals surface area contributed by atoms with Gasteiger partial charge in [-0.15, -0.1) is 0 Å². The molecule has 2 aliphatic heterocycles. The first-order valence-electron chi connectivity index (χ1n) is 5.43. The summed E-state index contributed by atoms with van der Waals surface area (Å²) in [4.78, 5) is 0. The summed E-state index contributed by atoms with van der Waals surface area (Å²) in [6.07, 6.45) is 2.09. The molecule has 2 fully saturated rings. The Morgan fingerprint density at radius 3 is 2.60 bits per heavy atom. The van der Waals surface area contributed by atoms with Crippen molar-refractivity contribution in [3.63, 3.8) is 0 Å². The third kappa shape index (κ3) is 2.49. The number of aliphatic hydroxyl groups is 2. The third-order valence-corrected chi connectivity index (χ3v) is 2.88. The van der Waals surface area contributed by atoms with Crippen LogP contribution in [-0.2, 0) is 14.2 Å². The Morgan fingerprint density at radius 1 is 1.13 bits per heavy atom. The second-order valence-corrected chi connectivity index (χ2v) is 4.16. The van der Waals surface area contributed by atoms with Crippen LogP contribution in [0.3, 0.4) is 0 Å². The van der Waals surface area contributed by atoms with Gasteiger partial charge in [0.2, 0.25) is 0 Å². The molecule has 0 unspecified atom stereocenters. The van der Waals surface area contributed by atoms with Crippen LogP contribution in [0.5, 0.6) is 0 Å². The highest BCUT2D eigenvalue weighted by Crippen LogP contribution is 2.33. The summed E-state index contributed by atoms with van der Waals surface area (Å²) in [6.45, 7) is 0.745. The largest absolute Gasteiger partial charge is 0.394 e. The van der Waals surface area contributed by atoms with Crippen LogP contribution in [-0.4, -0.2) is 54.6 Å². The molecule has 0 aromatic rings. The molecule has 0 saturated carbocycles. The molecule has 88 valence electrons. The lowest BCUT2D eigenvalue weighted by atomic mass is 10.0. The molecule has 0 aromatic carbocycles. The molecule has 2 aliphatic rings. The van der Waals surface area contributed by atoms with Crippen molar-refractivity contribution >= 4 is 0 Å². The van der Waals surface area contributed by atoms with Crippen LogP contribution in [0, 0.1) is 0 Å². The first kappa shape index (κ1) is 11.3. The van der Waals surface area contributed by atoms with Crippen LogP contribution in [0.2, 0.25) is 0 Å². The van der Waals surface area contributed by atoms with Gasteiger partial charge in [0.1, 0.15) is 12.7 Å². The number of ether oxygens (including phenoxy) is 3. The van der Waals surface area contributed by atoms with Gasteiger partial charge >= 0.3 is 0 Å². The molecule has 0 bridgehead atoms. The molecular formula is C10H18O5. The third-order valence-electron chi connectivity index (χ3n) is 2.88. The van der Waals surface area contributed by atoms with Crippen molar-refractivity contribution < 1.29 is 24.4 Å². The van der Waals surface area contributed by atoms with Crippen LogP contribution in [0.1, 0.15) is 19.3 Å². The normalized spacial score (nSPS) is 42.0. The maximum Gasteiger partial charge on any atom is 0.192 e. The van der Waals surface area contributed by atoms with Crippen LogP contribution in [0.15, 0.2) is 0 Å². The molecule has 5 nitrogen and oxygen atoms in total. The molecule has 5 heteroatoms. The highest BCUT2D eigenvalue weighted by Gasteiger charge is 2.43. The zero-order valence-electron chi connectivity index (χ0n) is 8.72. The van der Waals surface area contributed by atoms with Gasteiger partial charge < -0.3 is 24.4 Å². The summed E-state index contributed by atoms with van der Waals surface area (Å²) in [7, 11) is 0. The van der Waals surface area contributed by atoms with E-state index < -0.39 is 5.79 Å². The Morgan fingerprint density at radius 2 is 1.87 bits per heavy atom. The van der Waals surface area contributed by atoms with Gasteiger partial charge in [-0.2, -0.15) is 0 Å². The smallest absolute Gasteiger partial charge is 0.192 e.